The second-order valence-corrected chi connectivity index (χ2v) is 7.15. The van der Waals surface area contributed by atoms with E-state index in [1.54, 1.807) is 36.4 Å². The zero-order valence-electron chi connectivity index (χ0n) is 15.5. The molecular formula is C20H18Cl2N2O4. The van der Waals surface area contributed by atoms with E-state index < -0.39 is 11.9 Å². The number of nitrogens with one attached hydrogen (secondary N) is 1. The highest BCUT2D eigenvalue weighted by molar-refractivity contribution is 6.33. The summed E-state index contributed by atoms with van der Waals surface area (Å²) >= 11 is 12.2. The van der Waals surface area contributed by atoms with Crippen molar-refractivity contribution in [2.75, 3.05) is 12.0 Å². The first kappa shape index (κ1) is 20.0. The lowest BCUT2D eigenvalue weighted by Gasteiger charge is -2.15. The van der Waals surface area contributed by atoms with Gasteiger partial charge in [-0.2, -0.15) is 0 Å². The number of methoxy groups -OCH3 is 1. The fraction of sp³-hybridized carbons (Fsp3) is 0.200. The van der Waals surface area contributed by atoms with Crippen LogP contribution in [0.3, 0.4) is 0 Å². The molecule has 0 saturated carbocycles. The fourth-order valence-corrected chi connectivity index (χ4v) is 3.09. The number of carbonyl (C=O) groups is 2. The van der Waals surface area contributed by atoms with Gasteiger partial charge in [0.25, 0.3) is 5.91 Å². The third-order valence-corrected chi connectivity index (χ3v) is 4.41. The van der Waals surface area contributed by atoms with Crippen LogP contribution in [0.15, 0.2) is 42.1 Å². The second kappa shape index (κ2) is 8.12. The van der Waals surface area contributed by atoms with Gasteiger partial charge >= 0.3 is 6.03 Å². The Morgan fingerprint density at radius 2 is 1.79 bits per heavy atom. The van der Waals surface area contributed by atoms with Crippen molar-refractivity contribution in [3.8, 4) is 11.5 Å². The van der Waals surface area contributed by atoms with E-state index in [1.165, 1.54) is 13.2 Å². The Morgan fingerprint density at radius 3 is 2.39 bits per heavy atom. The number of urea groups is 1. The molecule has 1 aliphatic heterocycles. The van der Waals surface area contributed by atoms with E-state index in [4.69, 9.17) is 32.7 Å². The molecule has 2 aromatic rings. The van der Waals surface area contributed by atoms with Gasteiger partial charge in [-0.15, -0.1) is 0 Å². The molecule has 0 aliphatic carbocycles. The number of ether oxygens (including phenoxy) is 2. The molecule has 1 aliphatic rings. The molecular weight excluding hydrogens is 403 g/mol. The highest BCUT2D eigenvalue weighted by atomic mass is 35.5. The normalized spacial score (nSPS) is 15.4. The van der Waals surface area contributed by atoms with Crippen molar-refractivity contribution >= 4 is 46.9 Å². The van der Waals surface area contributed by atoms with E-state index in [0.717, 1.165) is 4.90 Å². The lowest BCUT2D eigenvalue weighted by molar-refractivity contribution is -0.113. The molecule has 0 aromatic heterocycles. The van der Waals surface area contributed by atoms with Crippen molar-refractivity contribution in [1.82, 2.24) is 5.32 Å². The molecule has 3 amide bonds. The molecule has 2 aromatic carbocycles. The van der Waals surface area contributed by atoms with Crippen molar-refractivity contribution in [2.24, 2.45) is 0 Å². The lowest BCUT2D eigenvalue weighted by Crippen LogP contribution is -2.30. The molecule has 0 bridgehead atoms. The SMILES string of the molecule is COc1cc(/C=C2/NC(=O)N(c3ccc(Cl)cc3)C2=O)cc(Cl)c1OC(C)C. The molecule has 8 heteroatoms. The van der Waals surface area contributed by atoms with Crippen molar-refractivity contribution in [3.63, 3.8) is 0 Å². The van der Waals surface area contributed by atoms with Crippen LogP contribution in [0.25, 0.3) is 6.08 Å². The van der Waals surface area contributed by atoms with Crippen LogP contribution >= 0.6 is 23.2 Å². The minimum Gasteiger partial charge on any atom is -0.493 e. The maximum atomic E-state index is 12.7. The molecule has 1 saturated heterocycles. The number of imide groups is 1. The van der Waals surface area contributed by atoms with Crippen molar-refractivity contribution < 1.29 is 19.1 Å². The smallest absolute Gasteiger partial charge is 0.333 e. The molecule has 0 atom stereocenters. The van der Waals surface area contributed by atoms with E-state index in [2.05, 4.69) is 5.32 Å². The summed E-state index contributed by atoms with van der Waals surface area (Å²) in [5.74, 6) is 0.371. The average Bonchev–Trinajstić information content (AvgIpc) is 2.91. The Hall–Kier alpha value is -2.70. The molecule has 28 heavy (non-hydrogen) atoms. The van der Waals surface area contributed by atoms with Crippen LogP contribution in [0.1, 0.15) is 19.4 Å². The molecule has 6 nitrogen and oxygen atoms in total. The van der Waals surface area contributed by atoms with Gasteiger partial charge in [0.15, 0.2) is 11.5 Å². The summed E-state index contributed by atoms with van der Waals surface area (Å²) in [5.41, 5.74) is 1.13. The van der Waals surface area contributed by atoms with Crippen LogP contribution in [0, 0.1) is 0 Å². The quantitative estimate of drug-likeness (QED) is 0.552. The summed E-state index contributed by atoms with van der Waals surface area (Å²) in [6, 6.07) is 9.19. The highest BCUT2D eigenvalue weighted by Crippen LogP contribution is 2.38. The summed E-state index contributed by atoms with van der Waals surface area (Å²) in [6.45, 7) is 3.76. The first-order valence-corrected chi connectivity index (χ1v) is 9.22. The number of hydrogen-bond donors (Lipinski definition) is 1. The predicted octanol–water partition coefficient (Wildman–Crippen LogP) is 4.89. The number of carbonyl (C=O) groups excluding carboxylic acids is 2. The van der Waals surface area contributed by atoms with Gasteiger partial charge in [0.05, 0.1) is 23.9 Å². The van der Waals surface area contributed by atoms with Crippen LogP contribution in [0.2, 0.25) is 10.0 Å². The molecule has 1 N–H and O–H groups in total. The summed E-state index contributed by atoms with van der Waals surface area (Å²) in [6.07, 6.45) is 1.45. The predicted molar refractivity (Wildman–Crippen MR) is 109 cm³/mol. The Labute approximate surface area is 172 Å². The van der Waals surface area contributed by atoms with E-state index in [0.29, 0.717) is 32.8 Å². The summed E-state index contributed by atoms with van der Waals surface area (Å²) in [7, 11) is 1.50. The first-order chi connectivity index (χ1) is 13.3. The minimum absolute atomic E-state index is 0.0840. The second-order valence-electron chi connectivity index (χ2n) is 6.31. The minimum atomic E-state index is -0.545. The monoisotopic (exact) mass is 420 g/mol. The van der Waals surface area contributed by atoms with Gasteiger partial charge in [-0.05, 0) is 61.9 Å². The largest absolute Gasteiger partial charge is 0.493 e. The third kappa shape index (κ3) is 4.08. The van der Waals surface area contributed by atoms with E-state index in [-0.39, 0.29) is 11.8 Å². The number of rotatable bonds is 5. The van der Waals surface area contributed by atoms with Gasteiger partial charge < -0.3 is 14.8 Å². The van der Waals surface area contributed by atoms with Gasteiger partial charge in [0.1, 0.15) is 5.70 Å². The molecule has 1 heterocycles. The Kier molecular flexibility index (Phi) is 5.82. The van der Waals surface area contributed by atoms with E-state index in [1.807, 2.05) is 13.8 Å². The fourth-order valence-electron chi connectivity index (χ4n) is 2.70. The first-order valence-electron chi connectivity index (χ1n) is 8.47. The van der Waals surface area contributed by atoms with E-state index in [9.17, 15) is 9.59 Å². The maximum Gasteiger partial charge on any atom is 0.333 e. The summed E-state index contributed by atoms with van der Waals surface area (Å²) in [5, 5.41) is 3.42. The van der Waals surface area contributed by atoms with Gasteiger partial charge in [-0.3, -0.25) is 4.79 Å². The molecule has 0 spiro atoms. The standard InChI is InChI=1S/C20H18Cl2N2O4/c1-11(2)28-18-15(22)8-12(10-17(18)27-3)9-16-19(25)24(20(26)23-16)14-6-4-13(21)5-7-14/h4-11H,1-3H3,(H,23,26)/b16-9+. The molecule has 3 rings (SSSR count). The zero-order valence-corrected chi connectivity index (χ0v) is 17.0. The summed E-state index contributed by atoms with van der Waals surface area (Å²) < 4.78 is 11.0. The van der Waals surface area contributed by atoms with Crippen LogP contribution in [0.5, 0.6) is 11.5 Å². The van der Waals surface area contributed by atoms with Crippen LogP contribution in [0.4, 0.5) is 10.5 Å². The van der Waals surface area contributed by atoms with E-state index >= 15 is 0 Å². The van der Waals surface area contributed by atoms with Crippen LogP contribution in [-0.2, 0) is 4.79 Å². The van der Waals surface area contributed by atoms with Crippen molar-refractivity contribution in [3.05, 3.63) is 57.7 Å². The zero-order chi connectivity index (χ0) is 20.4. The average molecular weight is 421 g/mol. The number of benzene rings is 2. The lowest BCUT2D eigenvalue weighted by atomic mass is 10.1. The van der Waals surface area contributed by atoms with Crippen LogP contribution < -0.4 is 19.7 Å². The highest BCUT2D eigenvalue weighted by Gasteiger charge is 2.34. The number of halogens is 2. The molecule has 0 unspecified atom stereocenters. The number of anilines is 1. The Bertz CT molecular complexity index is 955. The topological polar surface area (TPSA) is 67.9 Å². The van der Waals surface area contributed by atoms with Crippen LogP contribution in [-0.4, -0.2) is 25.2 Å². The van der Waals surface area contributed by atoms with Gasteiger partial charge in [-0.25, -0.2) is 9.69 Å². The number of amides is 3. The van der Waals surface area contributed by atoms with Crippen molar-refractivity contribution in [1.29, 1.82) is 0 Å². The molecule has 146 valence electrons. The van der Waals surface area contributed by atoms with Gasteiger partial charge in [-0.1, -0.05) is 23.2 Å². The Balaban J connectivity index is 1.93. The maximum absolute atomic E-state index is 12.7. The van der Waals surface area contributed by atoms with Gasteiger partial charge in [0, 0.05) is 5.02 Å². The molecule has 1 fully saturated rings. The number of hydrogen-bond acceptors (Lipinski definition) is 4. The summed E-state index contributed by atoms with van der Waals surface area (Å²) in [4.78, 5) is 26.0. The third-order valence-electron chi connectivity index (χ3n) is 3.88. The van der Waals surface area contributed by atoms with Crippen molar-refractivity contribution in [2.45, 2.75) is 20.0 Å². The Morgan fingerprint density at radius 1 is 1.11 bits per heavy atom. The van der Waals surface area contributed by atoms with Gasteiger partial charge in [0.2, 0.25) is 0 Å². The number of nitrogens with zero attached hydrogens (tertiary/aromatic N) is 1. The molecule has 0 radical (unpaired) electrons.